The van der Waals surface area contributed by atoms with Crippen LogP contribution in [0.15, 0.2) is 12.1 Å². The van der Waals surface area contributed by atoms with Crippen LogP contribution in [0.3, 0.4) is 0 Å². The lowest BCUT2D eigenvalue weighted by atomic mass is 10.1. The van der Waals surface area contributed by atoms with Crippen LogP contribution in [0.4, 0.5) is 30.2 Å². The summed E-state index contributed by atoms with van der Waals surface area (Å²) in [6.45, 7) is 1.80. The third-order valence-corrected chi connectivity index (χ3v) is 5.75. The number of halogens is 3. The van der Waals surface area contributed by atoms with Crippen molar-refractivity contribution in [3.05, 3.63) is 37.9 Å². The van der Waals surface area contributed by atoms with Crippen molar-refractivity contribution >= 4 is 24.9 Å². The minimum atomic E-state index is -5.02. The molecule has 1 atom stereocenters. The first kappa shape index (κ1) is 30.7. The van der Waals surface area contributed by atoms with Gasteiger partial charge in [-0.1, -0.05) is 13.3 Å². The van der Waals surface area contributed by atoms with Crippen LogP contribution in [0.5, 0.6) is 0 Å². The van der Waals surface area contributed by atoms with Gasteiger partial charge in [0.05, 0.1) is 43.2 Å². The molecular formula is C19H31F3N4O8P+. The van der Waals surface area contributed by atoms with Crippen molar-refractivity contribution in [3.8, 4) is 0 Å². The fourth-order valence-corrected chi connectivity index (χ4v) is 3.70. The molecule has 0 fully saturated rings. The topological polar surface area (TPSA) is 145 Å². The summed E-state index contributed by atoms with van der Waals surface area (Å²) in [6.07, 6.45) is -4.00. The highest BCUT2D eigenvalue weighted by atomic mass is 31.2. The Bertz CT molecular complexity index is 905. The molecule has 0 heterocycles. The fraction of sp³-hybridized carbons (Fsp3) is 0.684. The van der Waals surface area contributed by atoms with Gasteiger partial charge in [-0.05, 0) is 12.8 Å². The molecule has 0 aliphatic heterocycles. The molecule has 0 saturated carbocycles. The van der Waals surface area contributed by atoms with Crippen LogP contribution >= 0.6 is 7.82 Å². The van der Waals surface area contributed by atoms with Gasteiger partial charge < -0.3 is 14.3 Å². The number of anilines is 1. The van der Waals surface area contributed by atoms with Gasteiger partial charge >= 0.3 is 14.0 Å². The molecule has 1 aromatic rings. The van der Waals surface area contributed by atoms with E-state index in [1.54, 1.807) is 6.92 Å². The molecule has 16 heteroatoms. The molecule has 0 spiro atoms. The SMILES string of the molecule is CCCCN(CCCOP(=O)(O)OCC[N+](C)(C)C)c1c([N+](=O)[O-])cc(C(F)(F)F)cc1[N+](=O)[O-]. The highest BCUT2D eigenvalue weighted by Crippen LogP contribution is 2.44. The number of nitro benzene ring substituents is 2. The summed E-state index contributed by atoms with van der Waals surface area (Å²) in [7, 11) is 1.20. The van der Waals surface area contributed by atoms with Crippen molar-refractivity contribution in [2.45, 2.75) is 32.4 Å². The molecule has 0 bridgehead atoms. The Balaban J connectivity index is 3.12. The van der Waals surface area contributed by atoms with E-state index in [9.17, 15) is 42.9 Å². The maximum Gasteiger partial charge on any atom is 0.472 e. The number of hydrogen-bond acceptors (Lipinski definition) is 8. The molecule has 12 nitrogen and oxygen atoms in total. The van der Waals surface area contributed by atoms with Gasteiger partial charge in [-0.2, -0.15) is 13.2 Å². The molecule has 1 N–H and O–H groups in total. The predicted molar refractivity (Wildman–Crippen MR) is 121 cm³/mol. The van der Waals surface area contributed by atoms with Gasteiger partial charge in [0.15, 0.2) is 5.69 Å². The first-order valence-corrected chi connectivity index (χ1v) is 12.2. The third-order valence-electron chi connectivity index (χ3n) is 4.73. The van der Waals surface area contributed by atoms with Crippen molar-refractivity contribution < 1.29 is 46.0 Å². The normalized spacial score (nSPS) is 13.9. The van der Waals surface area contributed by atoms with E-state index in [0.29, 0.717) is 23.9 Å². The number of nitrogens with zero attached hydrogens (tertiary/aromatic N) is 4. The van der Waals surface area contributed by atoms with E-state index in [4.69, 9.17) is 9.05 Å². The van der Waals surface area contributed by atoms with Crippen molar-refractivity contribution in [2.75, 3.05) is 58.9 Å². The molecule has 0 aliphatic rings. The number of quaternary nitrogens is 1. The fourth-order valence-electron chi connectivity index (χ4n) is 2.96. The van der Waals surface area contributed by atoms with Gasteiger partial charge in [-0.15, -0.1) is 0 Å². The molecule has 0 aliphatic carbocycles. The summed E-state index contributed by atoms with van der Waals surface area (Å²) >= 11 is 0. The average molecular weight is 531 g/mol. The van der Waals surface area contributed by atoms with Crippen LogP contribution in [0.2, 0.25) is 0 Å². The van der Waals surface area contributed by atoms with Gasteiger partial charge in [0.1, 0.15) is 13.2 Å². The zero-order chi connectivity index (χ0) is 27.0. The van der Waals surface area contributed by atoms with Crippen LogP contribution in [-0.2, 0) is 19.8 Å². The van der Waals surface area contributed by atoms with Crippen molar-refractivity contribution in [2.24, 2.45) is 0 Å². The Morgan fingerprint density at radius 2 is 1.51 bits per heavy atom. The Morgan fingerprint density at radius 1 is 1.03 bits per heavy atom. The molecule has 1 aromatic carbocycles. The van der Waals surface area contributed by atoms with Gasteiger partial charge in [0.25, 0.3) is 11.4 Å². The molecular weight excluding hydrogens is 500 g/mol. The Hall–Kier alpha value is -2.32. The molecule has 35 heavy (non-hydrogen) atoms. The molecule has 1 rings (SSSR count). The summed E-state index contributed by atoms with van der Waals surface area (Å²) in [5.41, 5.74) is -4.18. The first-order chi connectivity index (χ1) is 16.0. The number of benzene rings is 1. The van der Waals surface area contributed by atoms with Gasteiger partial charge in [-0.25, -0.2) is 4.57 Å². The second-order valence-electron chi connectivity index (χ2n) is 8.72. The lowest BCUT2D eigenvalue weighted by molar-refractivity contribution is -0.870. The van der Waals surface area contributed by atoms with Crippen LogP contribution < -0.4 is 4.90 Å². The minimum Gasteiger partial charge on any atom is -0.360 e. The number of phosphoric ester groups is 1. The number of hydrogen-bond donors (Lipinski definition) is 1. The zero-order valence-corrected chi connectivity index (χ0v) is 20.9. The van der Waals surface area contributed by atoms with Crippen molar-refractivity contribution in [1.29, 1.82) is 0 Å². The summed E-state index contributed by atoms with van der Waals surface area (Å²) in [4.78, 5) is 31.9. The molecule has 0 saturated heterocycles. The molecule has 200 valence electrons. The average Bonchev–Trinajstić information content (AvgIpc) is 2.70. The second kappa shape index (κ2) is 12.6. The minimum absolute atomic E-state index is 0.0116. The summed E-state index contributed by atoms with van der Waals surface area (Å²) in [5.74, 6) is 0. The second-order valence-corrected chi connectivity index (χ2v) is 10.2. The number of rotatable bonds is 15. The first-order valence-electron chi connectivity index (χ1n) is 10.7. The number of nitro groups is 2. The predicted octanol–water partition coefficient (Wildman–Crippen LogP) is 4.36. The van der Waals surface area contributed by atoms with Crippen LogP contribution in [0.1, 0.15) is 31.7 Å². The van der Waals surface area contributed by atoms with Crippen molar-refractivity contribution in [1.82, 2.24) is 0 Å². The maximum absolute atomic E-state index is 13.2. The van der Waals surface area contributed by atoms with E-state index in [0.717, 1.165) is 0 Å². The quantitative estimate of drug-likeness (QED) is 0.115. The molecule has 0 radical (unpaired) electrons. The third kappa shape index (κ3) is 10.4. The molecule has 1 unspecified atom stereocenters. The molecule has 0 amide bonds. The Kier molecular flexibility index (Phi) is 11.0. The van der Waals surface area contributed by atoms with E-state index in [1.165, 1.54) is 4.90 Å². The lowest BCUT2D eigenvalue weighted by Gasteiger charge is -2.25. The van der Waals surface area contributed by atoms with Crippen LogP contribution in [-0.4, -0.2) is 73.2 Å². The van der Waals surface area contributed by atoms with Gasteiger partial charge in [-0.3, -0.25) is 29.3 Å². The highest BCUT2D eigenvalue weighted by molar-refractivity contribution is 7.47. The zero-order valence-electron chi connectivity index (χ0n) is 20.0. The summed E-state index contributed by atoms with van der Waals surface area (Å²) in [6, 6.07) is 0.530. The summed E-state index contributed by atoms with van der Waals surface area (Å²) in [5, 5.41) is 23.1. The number of phosphoric acid groups is 1. The smallest absolute Gasteiger partial charge is 0.360 e. The van der Waals surface area contributed by atoms with E-state index in [-0.39, 0.29) is 44.9 Å². The largest absolute Gasteiger partial charge is 0.472 e. The highest BCUT2D eigenvalue weighted by Gasteiger charge is 2.39. The maximum atomic E-state index is 13.2. The Morgan fingerprint density at radius 3 is 1.94 bits per heavy atom. The van der Waals surface area contributed by atoms with E-state index < -0.39 is 46.5 Å². The molecule has 0 aromatic heterocycles. The van der Waals surface area contributed by atoms with Crippen molar-refractivity contribution in [3.63, 3.8) is 0 Å². The monoisotopic (exact) mass is 531 g/mol. The van der Waals surface area contributed by atoms with Gasteiger partial charge in [0, 0.05) is 25.2 Å². The number of likely N-dealkylation sites (N-methyl/N-ethyl adjacent to an activating group) is 1. The number of alkyl halides is 3. The number of unbranched alkanes of at least 4 members (excludes halogenated alkanes) is 1. The van der Waals surface area contributed by atoms with Gasteiger partial charge in [0.2, 0.25) is 0 Å². The van der Waals surface area contributed by atoms with Crippen LogP contribution in [0.25, 0.3) is 0 Å². The van der Waals surface area contributed by atoms with E-state index in [1.807, 2.05) is 21.1 Å². The lowest BCUT2D eigenvalue weighted by Crippen LogP contribution is -2.37. The summed E-state index contributed by atoms with van der Waals surface area (Å²) < 4.78 is 61.8. The Labute approximate surface area is 200 Å². The van der Waals surface area contributed by atoms with E-state index >= 15 is 0 Å². The standard InChI is InChI=1S/C19H30F3N4O8P/c1-5-6-8-23(9-7-11-33-35(31,32)34-12-10-26(2,3)4)18-16(24(27)28)13-15(19(20,21)22)14-17(18)25(29)30/h13-14H,5-12H2,1-4H3/p+1. The van der Waals surface area contributed by atoms with Crippen LogP contribution in [0, 0.1) is 20.2 Å². The van der Waals surface area contributed by atoms with E-state index in [2.05, 4.69) is 0 Å².